The van der Waals surface area contributed by atoms with Crippen LogP contribution in [0.2, 0.25) is 4.73 Å². The number of nitrogen functional groups attached to an aromatic ring is 2. The van der Waals surface area contributed by atoms with E-state index in [1.54, 1.807) is 45.6 Å². The molecule has 0 unspecified atom stereocenters. The number of anilines is 2. The molecule has 0 amide bonds. The summed E-state index contributed by atoms with van der Waals surface area (Å²) in [5.41, 5.74) is 12.2. The molecule has 0 radical (unpaired) electrons. The van der Waals surface area contributed by atoms with Gasteiger partial charge in [-0.25, -0.2) is 0 Å². The fourth-order valence-corrected chi connectivity index (χ4v) is 4.39. The van der Waals surface area contributed by atoms with Gasteiger partial charge in [-0.05, 0) is 37.1 Å². The molecule has 0 aromatic heterocycles. The summed E-state index contributed by atoms with van der Waals surface area (Å²) in [5.74, 6) is 0. The van der Waals surface area contributed by atoms with E-state index < -0.39 is 17.8 Å². The Hall–Kier alpha value is -0.626. The number of aliphatic hydroxyl groups is 1. The third kappa shape index (κ3) is 10.3. The maximum Gasteiger partial charge on any atom is 0.0540 e. The Kier molecular flexibility index (Phi) is 13.3. The molecule has 1 saturated carbocycles. The van der Waals surface area contributed by atoms with Gasteiger partial charge in [-0.15, -0.1) is 0 Å². The molecule has 5 N–H and O–H groups in total. The zero-order valence-corrected chi connectivity index (χ0v) is 17.0. The molecule has 2 rings (SSSR count). The average Bonchev–Trinajstić information content (AvgIpc) is 2.62. The van der Waals surface area contributed by atoms with Crippen molar-refractivity contribution in [2.24, 2.45) is 0 Å². The van der Waals surface area contributed by atoms with Gasteiger partial charge in [-0.3, -0.25) is 0 Å². The maximum atomic E-state index is 8.91. The number of benzene rings is 1. The fraction of sp³-hybridized carbons (Fsp3) is 0.647. The topological polar surface area (TPSA) is 100.0 Å². The van der Waals surface area contributed by atoms with Crippen LogP contribution in [0, 0.1) is 0 Å². The number of rotatable bonds is 4. The van der Waals surface area contributed by atoms with Gasteiger partial charge in [0.25, 0.3) is 0 Å². The van der Waals surface area contributed by atoms with Crippen LogP contribution in [0.25, 0.3) is 0 Å². The summed E-state index contributed by atoms with van der Waals surface area (Å²) in [7, 11) is 4.91. The van der Waals surface area contributed by atoms with Gasteiger partial charge in [-0.1, -0.05) is 19.3 Å². The van der Waals surface area contributed by atoms with Gasteiger partial charge in [-0.2, -0.15) is 0 Å². The van der Waals surface area contributed by atoms with E-state index in [0.717, 1.165) is 28.9 Å². The van der Waals surface area contributed by atoms with E-state index in [9.17, 15) is 0 Å². The first-order valence-electron chi connectivity index (χ1n) is 8.37. The Morgan fingerprint density at radius 3 is 1.46 bits per heavy atom. The number of nitrogens with two attached hydrogens (primary N) is 2. The van der Waals surface area contributed by atoms with Gasteiger partial charge >= 0.3 is 60.7 Å². The molecule has 0 saturated heterocycles. The van der Waals surface area contributed by atoms with Crippen molar-refractivity contribution in [3.05, 3.63) is 24.3 Å². The first-order valence-corrected chi connectivity index (χ1v) is 11.4. The quantitative estimate of drug-likeness (QED) is 0.548. The summed E-state index contributed by atoms with van der Waals surface area (Å²) in [4.78, 5) is 0. The summed E-state index contributed by atoms with van der Waals surface area (Å²) in [6.07, 6.45) is 5.92. The molecule has 7 heteroatoms. The fourth-order valence-electron chi connectivity index (χ4n) is 2.26. The molecule has 0 heterocycles. The molecule has 1 fully saturated rings. The summed E-state index contributed by atoms with van der Waals surface area (Å²) in [5, 5.41) is 8.91. The van der Waals surface area contributed by atoms with Crippen molar-refractivity contribution in [1.29, 1.82) is 0 Å². The van der Waals surface area contributed by atoms with E-state index in [2.05, 4.69) is 0 Å². The van der Waals surface area contributed by atoms with Gasteiger partial charge in [0.2, 0.25) is 0 Å². The SMILES string of the molecule is C[CH2][Ti]([O]C)([O]C)[O]C.Nc1ccc(N)cc1.OC1CCCCC1. The minimum Gasteiger partial charge on any atom is -0.399 e. The van der Waals surface area contributed by atoms with Crippen molar-refractivity contribution < 1.29 is 32.8 Å². The molecule has 1 aliphatic rings. The predicted octanol–water partition coefficient (Wildman–Crippen LogP) is 3.43. The van der Waals surface area contributed by atoms with Crippen LogP contribution < -0.4 is 11.5 Å². The predicted molar refractivity (Wildman–Crippen MR) is 95.9 cm³/mol. The first-order chi connectivity index (χ1) is 11.4. The summed E-state index contributed by atoms with van der Waals surface area (Å²) in [6, 6.07) is 7.09. The molecule has 1 aromatic rings. The molecule has 24 heavy (non-hydrogen) atoms. The molecule has 0 bridgehead atoms. The van der Waals surface area contributed by atoms with Crippen LogP contribution in [0.1, 0.15) is 39.0 Å². The number of hydrogen-bond acceptors (Lipinski definition) is 6. The molecule has 140 valence electrons. The van der Waals surface area contributed by atoms with E-state index in [1.165, 1.54) is 19.3 Å². The van der Waals surface area contributed by atoms with Crippen molar-refractivity contribution in [3.63, 3.8) is 0 Å². The molecule has 6 nitrogen and oxygen atoms in total. The van der Waals surface area contributed by atoms with Crippen LogP contribution in [-0.2, 0) is 27.7 Å². The van der Waals surface area contributed by atoms with Crippen molar-refractivity contribution in [3.8, 4) is 0 Å². The monoisotopic (exact) mass is 378 g/mol. The zero-order valence-electron chi connectivity index (χ0n) is 15.5. The molecule has 1 aliphatic carbocycles. The third-order valence-corrected chi connectivity index (χ3v) is 8.14. The maximum absolute atomic E-state index is 8.91. The molecular formula is C17H34N2O4Ti. The van der Waals surface area contributed by atoms with E-state index in [4.69, 9.17) is 26.5 Å². The van der Waals surface area contributed by atoms with Crippen LogP contribution >= 0.6 is 0 Å². The largest absolute Gasteiger partial charge is 0.399 e. The molecular weight excluding hydrogens is 344 g/mol. The Balaban J connectivity index is 0.000000332. The van der Waals surface area contributed by atoms with E-state index in [0.29, 0.717) is 0 Å². The second-order valence-corrected chi connectivity index (χ2v) is 10.8. The van der Waals surface area contributed by atoms with Gasteiger partial charge in [0.1, 0.15) is 0 Å². The smallest absolute Gasteiger partial charge is 0.0540 e. The molecule has 0 spiro atoms. The van der Waals surface area contributed by atoms with E-state index in [1.807, 2.05) is 6.92 Å². The number of hydrogen-bond donors (Lipinski definition) is 3. The van der Waals surface area contributed by atoms with Gasteiger partial charge < -0.3 is 16.6 Å². The van der Waals surface area contributed by atoms with Crippen molar-refractivity contribution in [2.45, 2.75) is 49.9 Å². The zero-order chi connectivity index (χ0) is 18.4. The summed E-state index contributed by atoms with van der Waals surface area (Å²) >= 11 is -2.67. The van der Waals surface area contributed by atoms with Gasteiger partial charge in [0.15, 0.2) is 0 Å². The van der Waals surface area contributed by atoms with Gasteiger partial charge in [0, 0.05) is 11.4 Å². The van der Waals surface area contributed by atoms with E-state index in [-0.39, 0.29) is 6.10 Å². The van der Waals surface area contributed by atoms with Crippen LogP contribution in [0.15, 0.2) is 24.3 Å². The van der Waals surface area contributed by atoms with Crippen LogP contribution in [0.3, 0.4) is 0 Å². The van der Waals surface area contributed by atoms with Crippen molar-refractivity contribution >= 4 is 11.4 Å². The van der Waals surface area contributed by atoms with E-state index >= 15 is 0 Å². The molecule has 0 aliphatic heterocycles. The normalized spacial score (nSPS) is 14.9. The summed E-state index contributed by atoms with van der Waals surface area (Å²) in [6.45, 7) is 2.01. The Labute approximate surface area is 151 Å². The minimum absolute atomic E-state index is 0.0359. The van der Waals surface area contributed by atoms with Crippen molar-refractivity contribution in [1.82, 2.24) is 0 Å². The minimum atomic E-state index is -2.67. The Morgan fingerprint density at radius 1 is 0.917 bits per heavy atom. The van der Waals surface area contributed by atoms with Crippen LogP contribution in [0.5, 0.6) is 0 Å². The standard InChI is InChI=1S/C6H8N2.C6H12O.C2H5.3CH3O.Ti/c7-5-1-2-6(8)4-3-5;7-6-4-2-1-3-5-6;4*1-2;/h1-4H,7-8H2;6-7H,1-5H2;1H2,2H3;3*1H3;/q;;;3*-1;+3. The molecule has 0 atom stereocenters. The second-order valence-electron chi connectivity index (χ2n) is 5.61. The van der Waals surface area contributed by atoms with Crippen LogP contribution in [-0.4, -0.2) is 32.5 Å². The second kappa shape index (κ2) is 13.6. The average molecular weight is 378 g/mol. The van der Waals surface area contributed by atoms with Crippen molar-refractivity contribution in [2.75, 3.05) is 32.8 Å². The number of aliphatic hydroxyl groups excluding tert-OH is 1. The first kappa shape index (κ1) is 23.4. The Morgan fingerprint density at radius 2 is 1.29 bits per heavy atom. The van der Waals surface area contributed by atoms with Gasteiger partial charge in [0.05, 0.1) is 6.10 Å². The molecule has 1 aromatic carbocycles. The Bertz CT molecular complexity index is 369. The summed E-state index contributed by atoms with van der Waals surface area (Å²) < 4.78 is 16.2. The third-order valence-electron chi connectivity index (χ3n) is 3.88. The van der Waals surface area contributed by atoms with Crippen LogP contribution in [0.4, 0.5) is 11.4 Å².